The summed E-state index contributed by atoms with van der Waals surface area (Å²) in [5.74, 6) is 0.949. The molecule has 5 aliphatic rings. The molecule has 2 heterocycles. The molecule has 4 bridgehead atoms. The SMILES string of the molecule is Cc1cccc(C)c1C1CC2NC(N1)NS(=O)(=O)C1CCCC(C1)CN(C1CC(NC3CCC(C)(C)CC3)C1)[C@H](CC(C)C)CO2. The molecule has 5 unspecified atom stereocenters. The maximum absolute atomic E-state index is 13.9. The van der Waals surface area contributed by atoms with E-state index < -0.39 is 16.3 Å². The number of nitrogens with zero attached hydrogens (tertiary/aromatic N) is 1. The van der Waals surface area contributed by atoms with Crippen LogP contribution in [0.25, 0.3) is 0 Å². The van der Waals surface area contributed by atoms with Crippen LogP contribution in [0.5, 0.6) is 0 Å². The van der Waals surface area contributed by atoms with Crippen LogP contribution < -0.4 is 20.7 Å². The number of benzene rings is 1. The second-order valence-corrected chi connectivity index (χ2v) is 18.9. The molecule has 2 saturated heterocycles. The van der Waals surface area contributed by atoms with Crippen LogP contribution in [-0.4, -0.2) is 68.4 Å². The fourth-order valence-electron chi connectivity index (χ4n) is 9.36. The largest absolute Gasteiger partial charge is 0.362 e. The molecule has 1 aromatic rings. The van der Waals surface area contributed by atoms with Crippen molar-refractivity contribution in [2.45, 2.75) is 167 Å². The minimum absolute atomic E-state index is 0.00661. The van der Waals surface area contributed by atoms with Crippen molar-refractivity contribution in [3.05, 3.63) is 34.9 Å². The van der Waals surface area contributed by atoms with Crippen molar-refractivity contribution in [1.29, 1.82) is 0 Å². The lowest BCUT2D eigenvalue weighted by Crippen LogP contribution is -2.64. The van der Waals surface area contributed by atoms with E-state index in [4.69, 9.17) is 4.74 Å². The van der Waals surface area contributed by atoms with Gasteiger partial charge < -0.3 is 10.1 Å². The number of hydrogen-bond donors (Lipinski definition) is 4. The number of hydrogen-bond acceptors (Lipinski definition) is 7. The summed E-state index contributed by atoms with van der Waals surface area (Å²) in [6.45, 7) is 15.4. The summed E-state index contributed by atoms with van der Waals surface area (Å²) in [5, 5.41) is 10.8. The first-order chi connectivity index (χ1) is 21.8. The van der Waals surface area contributed by atoms with Gasteiger partial charge in [-0.05, 0) is 112 Å². The van der Waals surface area contributed by atoms with Gasteiger partial charge in [0.2, 0.25) is 10.0 Å². The third-order valence-electron chi connectivity index (χ3n) is 12.1. The molecule has 8 nitrogen and oxygen atoms in total. The Kier molecular flexibility index (Phi) is 10.9. The van der Waals surface area contributed by atoms with Gasteiger partial charge in [0, 0.05) is 43.2 Å². The topological polar surface area (TPSA) is 94.7 Å². The summed E-state index contributed by atoms with van der Waals surface area (Å²) in [5.41, 5.74) is 4.19. The van der Waals surface area contributed by atoms with Crippen molar-refractivity contribution in [2.24, 2.45) is 17.3 Å². The van der Waals surface area contributed by atoms with Crippen LogP contribution in [0.4, 0.5) is 0 Å². The summed E-state index contributed by atoms with van der Waals surface area (Å²) in [6.07, 6.45) is 12.2. The molecule has 260 valence electrons. The third-order valence-corrected chi connectivity index (χ3v) is 14.0. The minimum Gasteiger partial charge on any atom is -0.362 e. The Labute approximate surface area is 280 Å². The predicted molar refractivity (Wildman–Crippen MR) is 187 cm³/mol. The van der Waals surface area contributed by atoms with Crippen LogP contribution in [0, 0.1) is 31.1 Å². The van der Waals surface area contributed by atoms with Gasteiger partial charge in [0.15, 0.2) is 0 Å². The van der Waals surface area contributed by atoms with Gasteiger partial charge in [0.05, 0.1) is 11.9 Å². The van der Waals surface area contributed by atoms with E-state index in [1.165, 1.54) is 55.2 Å². The molecule has 3 saturated carbocycles. The summed E-state index contributed by atoms with van der Waals surface area (Å²) in [4.78, 5) is 2.79. The maximum Gasteiger partial charge on any atom is 0.216 e. The van der Waals surface area contributed by atoms with Gasteiger partial charge in [-0.2, -0.15) is 4.72 Å². The summed E-state index contributed by atoms with van der Waals surface area (Å²) in [7, 11) is -3.53. The van der Waals surface area contributed by atoms with Gasteiger partial charge in [-0.3, -0.25) is 15.5 Å². The Morgan fingerprint density at radius 1 is 0.978 bits per heavy atom. The number of aryl methyl sites for hydroxylation is 2. The second kappa shape index (κ2) is 14.4. The van der Waals surface area contributed by atoms with Crippen molar-refractivity contribution in [3.8, 4) is 0 Å². The number of ether oxygens (including phenoxy) is 1. The van der Waals surface area contributed by atoms with Gasteiger partial charge in [-0.15, -0.1) is 0 Å². The number of nitrogens with one attached hydrogen (secondary N) is 4. The third kappa shape index (κ3) is 8.38. The first-order valence-corrected chi connectivity index (χ1v) is 20.1. The zero-order valence-corrected chi connectivity index (χ0v) is 30.3. The lowest BCUT2D eigenvalue weighted by molar-refractivity contribution is -0.0646. The van der Waals surface area contributed by atoms with Crippen molar-refractivity contribution in [1.82, 2.24) is 25.6 Å². The van der Waals surface area contributed by atoms with Crippen molar-refractivity contribution in [2.75, 3.05) is 13.2 Å². The molecule has 46 heavy (non-hydrogen) atoms. The van der Waals surface area contributed by atoms with Gasteiger partial charge in [0.25, 0.3) is 0 Å². The summed E-state index contributed by atoms with van der Waals surface area (Å²) < 4.78 is 37.7. The molecular weight excluding hydrogens is 595 g/mol. The van der Waals surface area contributed by atoms with Crippen molar-refractivity contribution >= 4 is 10.0 Å². The average molecular weight is 658 g/mol. The Morgan fingerprint density at radius 3 is 2.39 bits per heavy atom. The number of sulfonamides is 1. The van der Waals surface area contributed by atoms with Crippen LogP contribution in [0.3, 0.4) is 0 Å². The summed E-state index contributed by atoms with van der Waals surface area (Å²) >= 11 is 0. The molecule has 4 N–H and O–H groups in total. The molecule has 9 heteroatoms. The highest BCUT2D eigenvalue weighted by atomic mass is 32.2. The molecule has 0 radical (unpaired) electrons. The van der Waals surface area contributed by atoms with Gasteiger partial charge in [-0.25, -0.2) is 8.42 Å². The minimum atomic E-state index is -3.53. The van der Waals surface area contributed by atoms with Crippen LogP contribution in [-0.2, 0) is 14.8 Å². The average Bonchev–Trinajstić information content (AvgIpc) is 2.96. The highest BCUT2D eigenvalue weighted by Gasteiger charge is 2.43. The molecule has 5 fully saturated rings. The monoisotopic (exact) mass is 657 g/mol. The van der Waals surface area contributed by atoms with Gasteiger partial charge >= 0.3 is 0 Å². The van der Waals surface area contributed by atoms with E-state index in [1.807, 2.05) is 0 Å². The van der Waals surface area contributed by atoms with Crippen molar-refractivity contribution < 1.29 is 13.2 Å². The standard InChI is InChI=1S/C37H63N5O3S/c1-24(2)17-31-23-45-34-21-33(35-25(3)9-7-10-26(35)4)39-36(40-34)41-46(43,44)32-12-8-11-27(18-32)22-42(31)30-19-29(20-30)38-28-13-15-37(5,6)16-14-28/h7,9-10,24,27-34,36,38-41H,8,11-23H2,1-6H3/t27?,29?,30?,31-,32?,33?,34?,36?/m1/s1. The molecule has 0 spiro atoms. The van der Waals surface area contributed by atoms with E-state index in [0.29, 0.717) is 48.0 Å². The molecule has 2 aliphatic heterocycles. The normalized spacial score (nSPS) is 37.5. The highest BCUT2D eigenvalue weighted by molar-refractivity contribution is 7.90. The zero-order chi connectivity index (χ0) is 32.6. The summed E-state index contributed by atoms with van der Waals surface area (Å²) in [6, 6.07) is 8.49. The Balaban J connectivity index is 1.22. The van der Waals surface area contributed by atoms with Gasteiger partial charge in [0.1, 0.15) is 12.5 Å². The van der Waals surface area contributed by atoms with E-state index in [9.17, 15) is 8.42 Å². The second-order valence-electron chi connectivity index (χ2n) is 16.9. The van der Waals surface area contributed by atoms with Crippen molar-refractivity contribution in [3.63, 3.8) is 0 Å². The number of fused-ring (bicyclic) bond motifs is 4. The van der Waals surface area contributed by atoms with Crippen LogP contribution >= 0.6 is 0 Å². The Hall–Kier alpha value is -1.07. The predicted octanol–water partition coefficient (Wildman–Crippen LogP) is 5.85. The lowest BCUT2D eigenvalue weighted by atomic mass is 9.74. The maximum atomic E-state index is 13.9. The van der Waals surface area contributed by atoms with E-state index in [1.54, 1.807) is 0 Å². The van der Waals surface area contributed by atoms with E-state index in [2.05, 4.69) is 85.3 Å². The lowest BCUT2D eigenvalue weighted by Gasteiger charge is -2.50. The molecule has 6 atom stereocenters. The quantitative estimate of drug-likeness (QED) is 0.305. The van der Waals surface area contributed by atoms with E-state index >= 15 is 0 Å². The number of rotatable bonds is 6. The fraction of sp³-hybridized carbons (Fsp3) is 0.838. The van der Waals surface area contributed by atoms with E-state index in [0.717, 1.165) is 45.1 Å². The molecular formula is C37H63N5O3S. The molecule has 6 rings (SSSR count). The first-order valence-electron chi connectivity index (χ1n) is 18.6. The fourth-order valence-corrected chi connectivity index (χ4v) is 11.0. The first kappa shape index (κ1) is 34.8. The zero-order valence-electron chi connectivity index (χ0n) is 29.5. The van der Waals surface area contributed by atoms with Crippen LogP contribution in [0.2, 0.25) is 0 Å². The van der Waals surface area contributed by atoms with E-state index in [-0.39, 0.29) is 17.5 Å². The Bertz CT molecular complexity index is 1250. The highest BCUT2D eigenvalue weighted by Crippen LogP contribution is 2.39. The molecule has 1 aromatic carbocycles. The molecule has 3 aliphatic carbocycles. The Morgan fingerprint density at radius 2 is 1.70 bits per heavy atom. The molecule has 0 amide bonds. The van der Waals surface area contributed by atoms with Crippen LogP contribution in [0.1, 0.15) is 127 Å². The van der Waals surface area contributed by atoms with Gasteiger partial charge in [-0.1, -0.05) is 52.3 Å². The van der Waals surface area contributed by atoms with Crippen LogP contribution in [0.15, 0.2) is 18.2 Å². The smallest absolute Gasteiger partial charge is 0.216 e. The molecule has 0 aromatic heterocycles.